The fourth-order valence-electron chi connectivity index (χ4n) is 1.24. The van der Waals surface area contributed by atoms with Crippen LogP contribution in [0, 0.1) is 6.92 Å². The molecule has 1 nitrogen and oxygen atoms in total. The van der Waals surface area contributed by atoms with Gasteiger partial charge >= 0.3 is 0 Å². The second-order valence-corrected chi connectivity index (χ2v) is 5.63. The van der Waals surface area contributed by atoms with Crippen molar-refractivity contribution in [1.82, 2.24) is 0 Å². The van der Waals surface area contributed by atoms with E-state index >= 15 is 0 Å². The predicted molar refractivity (Wildman–Crippen MR) is 76.1 cm³/mol. The summed E-state index contributed by atoms with van der Waals surface area (Å²) in [6.07, 6.45) is 3.60. The number of aryl methyl sites for hydroxylation is 1. The van der Waals surface area contributed by atoms with Crippen LogP contribution in [0.3, 0.4) is 0 Å². The highest BCUT2D eigenvalue weighted by Gasteiger charge is 2.10. The Morgan fingerprint density at radius 2 is 1.82 bits per heavy atom. The van der Waals surface area contributed by atoms with E-state index in [0.29, 0.717) is 10.7 Å². The molecule has 0 fully saturated rings. The molecule has 2 heteroatoms. The summed E-state index contributed by atoms with van der Waals surface area (Å²) in [5.41, 5.74) is 3.21. The molecule has 1 aromatic rings. The van der Waals surface area contributed by atoms with Crippen molar-refractivity contribution in [2.24, 2.45) is 0 Å². The third-order valence-electron chi connectivity index (χ3n) is 2.26. The van der Waals surface area contributed by atoms with Crippen molar-refractivity contribution in [3.8, 4) is 0 Å². The van der Waals surface area contributed by atoms with Crippen molar-refractivity contribution >= 4 is 11.2 Å². The highest BCUT2D eigenvalue weighted by atomic mass is 32.2. The van der Waals surface area contributed by atoms with E-state index in [0.717, 1.165) is 11.1 Å². The molecule has 0 saturated carbocycles. The topological polar surface area (TPSA) is 23.1 Å². The molecule has 0 bridgehead atoms. The van der Waals surface area contributed by atoms with E-state index in [9.17, 15) is 4.55 Å². The van der Waals surface area contributed by atoms with Crippen molar-refractivity contribution in [3.63, 3.8) is 0 Å². The van der Waals surface area contributed by atoms with Crippen molar-refractivity contribution in [2.75, 3.05) is 0 Å². The van der Waals surface area contributed by atoms with Gasteiger partial charge in [0, 0.05) is 5.56 Å². The molecule has 0 N–H and O–H groups in total. The Morgan fingerprint density at radius 1 is 1.24 bits per heavy atom. The minimum Gasteiger partial charge on any atom is -0.611 e. The highest BCUT2D eigenvalue weighted by Crippen LogP contribution is 2.15. The molecule has 1 aromatic carbocycles. The molecule has 90 valence electrons. The Labute approximate surface area is 107 Å². The summed E-state index contributed by atoms with van der Waals surface area (Å²) in [7, 11) is 0. The summed E-state index contributed by atoms with van der Waals surface area (Å²) >= 11 is -1.06. The van der Waals surface area contributed by atoms with Crippen LogP contribution >= 0.6 is 0 Å². The number of hydrogen-bond acceptors (Lipinski definition) is 1. The summed E-state index contributed by atoms with van der Waals surface area (Å²) in [5, 5.41) is 0. The number of allylic oxidation sites excluding steroid dienone is 3. The van der Waals surface area contributed by atoms with Gasteiger partial charge in [0.25, 0.3) is 0 Å². The monoisotopic (exact) mass is 246 g/mol. The molecule has 0 amide bonds. The summed E-state index contributed by atoms with van der Waals surface area (Å²) in [4.78, 5) is 0.633. The van der Waals surface area contributed by atoms with Gasteiger partial charge in [-0.1, -0.05) is 48.1 Å². The number of rotatable bonds is 5. The summed E-state index contributed by atoms with van der Waals surface area (Å²) in [6, 6.07) is 8.06. The quantitative estimate of drug-likeness (QED) is 0.571. The smallest absolute Gasteiger partial charge is 0.145 e. The summed E-state index contributed by atoms with van der Waals surface area (Å²) in [5.74, 6) is 0.514. The van der Waals surface area contributed by atoms with Crippen molar-refractivity contribution in [1.29, 1.82) is 0 Å². The Bertz CT molecular complexity index is 429. The van der Waals surface area contributed by atoms with Gasteiger partial charge in [-0.05, 0) is 37.7 Å². The van der Waals surface area contributed by atoms with Crippen LogP contribution in [-0.2, 0) is 16.9 Å². The van der Waals surface area contributed by atoms with Crippen LogP contribution in [0.1, 0.15) is 18.1 Å². The van der Waals surface area contributed by atoms with Gasteiger partial charge in [0.1, 0.15) is 10.7 Å². The molecule has 1 unspecified atom stereocenters. The van der Waals surface area contributed by atoms with E-state index in [-0.39, 0.29) is 0 Å². The molecule has 0 aromatic heterocycles. The van der Waals surface area contributed by atoms with Crippen LogP contribution in [0.2, 0.25) is 0 Å². The van der Waals surface area contributed by atoms with Crippen molar-refractivity contribution < 1.29 is 4.55 Å². The molecule has 17 heavy (non-hydrogen) atoms. The van der Waals surface area contributed by atoms with E-state index in [1.54, 1.807) is 6.08 Å². The van der Waals surface area contributed by atoms with E-state index in [4.69, 9.17) is 0 Å². The van der Waals surface area contributed by atoms with E-state index < -0.39 is 11.2 Å². The number of benzene rings is 1. The van der Waals surface area contributed by atoms with Crippen LogP contribution in [0.4, 0.5) is 0 Å². The lowest BCUT2D eigenvalue weighted by molar-refractivity contribution is 0.601. The van der Waals surface area contributed by atoms with Crippen LogP contribution in [-0.4, -0.2) is 4.55 Å². The fraction of sp³-hybridized carbons (Fsp3) is 0.200. The van der Waals surface area contributed by atoms with Gasteiger partial charge in [0.05, 0.1) is 0 Å². The Balaban J connectivity index is 2.59. The normalized spacial score (nSPS) is 12.6. The molecular weight excluding hydrogens is 228 g/mol. The van der Waals surface area contributed by atoms with Crippen molar-refractivity contribution in [3.05, 3.63) is 71.2 Å². The van der Waals surface area contributed by atoms with E-state index in [1.807, 2.05) is 44.2 Å². The molecule has 0 aliphatic heterocycles. The SMILES string of the molecule is C=C(C)/C=C\C(=C)[S+]([O-])Cc1ccc(C)cc1. The maximum absolute atomic E-state index is 11.9. The minimum atomic E-state index is -1.06. The fourth-order valence-corrected chi connectivity index (χ4v) is 2.14. The summed E-state index contributed by atoms with van der Waals surface area (Å²) in [6.45, 7) is 11.5. The summed E-state index contributed by atoms with van der Waals surface area (Å²) < 4.78 is 11.9. The zero-order chi connectivity index (χ0) is 12.8. The molecule has 0 aliphatic rings. The second kappa shape index (κ2) is 6.48. The zero-order valence-corrected chi connectivity index (χ0v) is 11.2. The Morgan fingerprint density at radius 3 is 2.35 bits per heavy atom. The molecule has 0 radical (unpaired) electrons. The molecule has 0 saturated heterocycles. The zero-order valence-electron chi connectivity index (χ0n) is 10.4. The van der Waals surface area contributed by atoms with Crippen LogP contribution in [0.5, 0.6) is 0 Å². The molecule has 0 heterocycles. The molecule has 1 atom stereocenters. The Hall–Kier alpha value is -1.25. The highest BCUT2D eigenvalue weighted by molar-refractivity contribution is 7.94. The van der Waals surface area contributed by atoms with E-state index in [2.05, 4.69) is 13.2 Å². The van der Waals surface area contributed by atoms with Gasteiger partial charge in [-0.2, -0.15) is 0 Å². The molecule has 1 rings (SSSR count). The third kappa shape index (κ3) is 5.07. The Kier molecular flexibility index (Phi) is 5.26. The first-order valence-corrected chi connectivity index (χ1v) is 6.77. The lowest BCUT2D eigenvalue weighted by Crippen LogP contribution is -2.05. The van der Waals surface area contributed by atoms with Gasteiger partial charge < -0.3 is 4.55 Å². The van der Waals surface area contributed by atoms with E-state index in [1.165, 1.54) is 5.56 Å². The molecule has 0 spiro atoms. The maximum atomic E-state index is 11.9. The average Bonchev–Trinajstić information content (AvgIpc) is 2.28. The van der Waals surface area contributed by atoms with Gasteiger partial charge in [-0.15, -0.1) is 0 Å². The predicted octanol–water partition coefficient (Wildman–Crippen LogP) is 3.89. The van der Waals surface area contributed by atoms with Gasteiger partial charge in [0.2, 0.25) is 0 Å². The van der Waals surface area contributed by atoms with Gasteiger partial charge in [-0.3, -0.25) is 0 Å². The average molecular weight is 246 g/mol. The molecular formula is C15H18OS. The first-order chi connectivity index (χ1) is 7.99. The first-order valence-electron chi connectivity index (χ1n) is 5.45. The minimum absolute atomic E-state index is 0.514. The lowest BCUT2D eigenvalue weighted by Gasteiger charge is -2.10. The van der Waals surface area contributed by atoms with Crippen LogP contribution in [0.15, 0.2) is 60.1 Å². The van der Waals surface area contributed by atoms with Crippen LogP contribution < -0.4 is 0 Å². The van der Waals surface area contributed by atoms with Gasteiger partial charge in [-0.25, -0.2) is 0 Å². The molecule has 0 aliphatic carbocycles. The standard InChI is InChI=1S/C15H18OS/c1-12(2)5-8-14(4)17(16)11-15-9-6-13(3)7-10-15/h5-10H,1,4,11H2,2-3H3/b8-5-. The number of hydrogen-bond donors (Lipinski definition) is 0. The third-order valence-corrected chi connectivity index (χ3v) is 3.58. The lowest BCUT2D eigenvalue weighted by atomic mass is 10.2. The van der Waals surface area contributed by atoms with Crippen molar-refractivity contribution in [2.45, 2.75) is 19.6 Å². The van der Waals surface area contributed by atoms with Crippen LogP contribution in [0.25, 0.3) is 0 Å². The van der Waals surface area contributed by atoms with Gasteiger partial charge in [0.15, 0.2) is 0 Å². The first kappa shape index (κ1) is 13.8. The largest absolute Gasteiger partial charge is 0.611 e. The second-order valence-electron chi connectivity index (χ2n) is 4.12. The maximum Gasteiger partial charge on any atom is 0.145 e.